The van der Waals surface area contributed by atoms with Crippen molar-refractivity contribution in [3.8, 4) is 0 Å². The predicted molar refractivity (Wildman–Crippen MR) is 146 cm³/mol. The lowest BCUT2D eigenvalue weighted by Crippen LogP contribution is -2.76. The van der Waals surface area contributed by atoms with Crippen molar-refractivity contribution in [1.29, 1.82) is 0 Å². The minimum Gasteiger partial charge on any atom is -0.378 e. The number of piperidine rings is 1. The van der Waals surface area contributed by atoms with Gasteiger partial charge >= 0.3 is 0 Å². The standard InChI is InChI=1S/C28H52FN7O/c1-4-27-12-10-20(29)15-36(27)23(14-27)24(25(30)31)26(37)33-28(19-8-6-5-7-9-19)17-32-13-11-22(28)21-16-35(3)34-18(21)2/h10,18-19,21-26,32-34,37H,4-9,11-17,30-31H2,1-3H3. The molecule has 0 aromatic carbocycles. The van der Waals surface area contributed by atoms with Crippen LogP contribution in [0.25, 0.3) is 0 Å². The maximum atomic E-state index is 14.4. The Morgan fingerprint density at radius 3 is 2.65 bits per heavy atom. The molecule has 4 fully saturated rings. The van der Waals surface area contributed by atoms with Crippen LogP contribution in [0.15, 0.2) is 11.9 Å². The summed E-state index contributed by atoms with van der Waals surface area (Å²) in [5.41, 5.74) is 16.2. The first-order chi connectivity index (χ1) is 17.7. The van der Waals surface area contributed by atoms with E-state index >= 15 is 0 Å². The number of nitrogens with two attached hydrogens (primary N) is 2. The molecule has 8 unspecified atom stereocenters. The molecule has 37 heavy (non-hydrogen) atoms. The number of rotatable bonds is 8. The van der Waals surface area contributed by atoms with Gasteiger partial charge in [0.15, 0.2) is 0 Å². The van der Waals surface area contributed by atoms with E-state index in [-0.39, 0.29) is 28.9 Å². The van der Waals surface area contributed by atoms with Crippen molar-refractivity contribution in [2.24, 2.45) is 35.1 Å². The van der Waals surface area contributed by atoms with E-state index in [1.807, 2.05) is 0 Å². The van der Waals surface area contributed by atoms with E-state index in [9.17, 15) is 9.50 Å². The first-order valence-corrected chi connectivity index (χ1v) is 15.0. The number of fused-ring (bicyclic) bond motifs is 1. The molecule has 5 rings (SSSR count). The minimum absolute atomic E-state index is 0.0291. The van der Waals surface area contributed by atoms with Gasteiger partial charge in [-0.1, -0.05) is 26.2 Å². The van der Waals surface area contributed by atoms with Gasteiger partial charge in [0.05, 0.1) is 12.7 Å². The highest BCUT2D eigenvalue weighted by Gasteiger charge is 2.58. The first kappa shape index (κ1) is 27.9. The van der Waals surface area contributed by atoms with E-state index in [4.69, 9.17) is 11.5 Å². The largest absolute Gasteiger partial charge is 0.378 e. The number of aliphatic hydroxyl groups excluding tert-OH is 1. The zero-order chi connectivity index (χ0) is 26.4. The number of hydrogen-bond donors (Lipinski definition) is 6. The summed E-state index contributed by atoms with van der Waals surface area (Å²) < 4.78 is 14.4. The molecule has 4 heterocycles. The van der Waals surface area contributed by atoms with Crippen LogP contribution in [0.2, 0.25) is 0 Å². The van der Waals surface area contributed by atoms with Crippen molar-refractivity contribution in [1.82, 2.24) is 26.0 Å². The van der Waals surface area contributed by atoms with Crippen molar-refractivity contribution in [3.63, 3.8) is 0 Å². The van der Waals surface area contributed by atoms with Crippen LogP contribution in [0.3, 0.4) is 0 Å². The van der Waals surface area contributed by atoms with Crippen molar-refractivity contribution in [2.45, 2.75) is 107 Å². The third-order valence-corrected chi connectivity index (χ3v) is 11.1. The molecule has 1 aliphatic carbocycles. The van der Waals surface area contributed by atoms with E-state index in [2.05, 4.69) is 46.9 Å². The van der Waals surface area contributed by atoms with Crippen LogP contribution >= 0.6 is 0 Å². The number of aliphatic hydroxyl groups is 1. The van der Waals surface area contributed by atoms with Crippen molar-refractivity contribution in [2.75, 3.05) is 33.2 Å². The fourth-order valence-electron chi connectivity index (χ4n) is 9.08. The summed E-state index contributed by atoms with van der Waals surface area (Å²) in [7, 11) is 2.13. The van der Waals surface area contributed by atoms with E-state index in [0.717, 1.165) is 45.3 Å². The van der Waals surface area contributed by atoms with Gasteiger partial charge in [-0.2, -0.15) is 0 Å². The van der Waals surface area contributed by atoms with Gasteiger partial charge in [-0.15, -0.1) is 0 Å². The Kier molecular flexibility index (Phi) is 8.36. The lowest BCUT2D eigenvalue weighted by molar-refractivity contribution is -0.142. The highest BCUT2D eigenvalue weighted by molar-refractivity contribution is 5.19. The smallest absolute Gasteiger partial charge is 0.112 e. The molecular weight excluding hydrogens is 469 g/mol. The Bertz CT molecular complexity index is 822. The summed E-state index contributed by atoms with van der Waals surface area (Å²) in [5, 5.41) is 21.8. The van der Waals surface area contributed by atoms with Crippen molar-refractivity contribution in [3.05, 3.63) is 11.9 Å². The van der Waals surface area contributed by atoms with Gasteiger partial charge in [-0.3, -0.25) is 15.6 Å². The van der Waals surface area contributed by atoms with Gasteiger partial charge < -0.3 is 21.9 Å². The summed E-state index contributed by atoms with van der Waals surface area (Å²) in [6.45, 7) is 7.64. The second-order valence-electron chi connectivity index (χ2n) is 13.0. The van der Waals surface area contributed by atoms with Crippen molar-refractivity contribution >= 4 is 0 Å². The van der Waals surface area contributed by atoms with E-state index in [1.165, 1.54) is 32.1 Å². The zero-order valence-electron chi connectivity index (χ0n) is 23.3. The molecule has 8 nitrogen and oxygen atoms in total. The average Bonchev–Trinajstić information content (AvgIpc) is 3.21. The van der Waals surface area contributed by atoms with Crippen LogP contribution < -0.4 is 27.5 Å². The Morgan fingerprint density at radius 2 is 2.00 bits per heavy atom. The molecular formula is C28H52FN7O. The van der Waals surface area contributed by atoms with E-state index < -0.39 is 12.4 Å². The van der Waals surface area contributed by atoms with Gasteiger partial charge in [0.2, 0.25) is 0 Å². The molecule has 0 aromatic rings. The number of nitrogens with zero attached hydrogens (tertiary/aromatic N) is 2. The van der Waals surface area contributed by atoms with Gasteiger partial charge in [-0.05, 0) is 75.8 Å². The molecule has 1 saturated carbocycles. The van der Waals surface area contributed by atoms with E-state index in [1.54, 1.807) is 6.08 Å². The molecule has 0 spiro atoms. The van der Waals surface area contributed by atoms with Crippen LogP contribution in [0.5, 0.6) is 0 Å². The molecule has 0 bridgehead atoms. The molecule has 0 amide bonds. The Hall–Kier alpha value is -0.650. The maximum Gasteiger partial charge on any atom is 0.112 e. The number of nitrogens with one attached hydrogen (secondary N) is 3. The van der Waals surface area contributed by atoms with Gasteiger partial charge in [0.25, 0.3) is 0 Å². The number of halogens is 1. The van der Waals surface area contributed by atoms with Crippen LogP contribution in [-0.2, 0) is 0 Å². The summed E-state index contributed by atoms with van der Waals surface area (Å²) in [4.78, 5) is 2.24. The van der Waals surface area contributed by atoms with Crippen LogP contribution in [0.1, 0.15) is 71.6 Å². The highest BCUT2D eigenvalue weighted by Crippen LogP contribution is 2.50. The molecule has 0 radical (unpaired) electrons. The third kappa shape index (κ3) is 5.04. The molecule has 5 aliphatic rings. The molecule has 8 N–H and O–H groups in total. The average molecular weight is 522 g/mol. The van der Waals surface area contributed by atoms with Gasteiger partial charge in [-0.25, -0.2) is 9.40 Å². The van der Waals surface area contributed by atoms with E-state index in [0.29, 0.717) is 30.3 Å². The fourth-order valence-corrected chi connectivity index (χ4v) is 9.08. The van der Waals surface area contributed by atoms with Gasteiger partial charge in [0.1, 0.15) is 12.1 Å². The fraction of sp³-hybridized carbons (Fsp3) is 0.929. The Morgan fingerprint density at radius 1 is 1.24 bits per heavy atom. The van der Waals surface area contributed by atoms with Crippen LogP contribution in [0.4, 0.5) is 4.39 Å². The summed E-state index contributed by atoms with van der Waals surface area (Å²) in [6.07, 6.45) is 10.0. The normalized spacial score (nSPS) is 41.8. The topological polar surface area (TPSA) is 115 Å². The third-order valence-electron chi connectivity index (χ3n) is 11.1. The molecule has 9 heteroatoms. The second-order valence-corrected chi connectivity index (χ2v) is 13.0. The summed E-state index contributed by atoms with van der Waals surface area (Å²) >= 11 is 0. The number of hydrazine groups is 1. The lowest BCUT2D eigenvalue weighted by atomic mass is 9.60. The zero-order valence-corrected chi connectivity index (χ0v) is 23.3. The first-order valence-electron chi connectivity index (χ1n) is 15.0. The molecule has 4 aliphatic heterocycles. The second kappa shape index (κ2) is 11.1. The molecule has 212 valence electrons. The summed E-state index contributed by atoms with van der Waals surface area (Å²) in [5.74, 6) is 0.975. The Labute approximate surface area is 223 Å². The Balaban J connectivity index is 1.43. The number of hydrogen-bond acceptors (Lipinski definition) is 8. The highest BCUT2D eigenvalue weighted by atomic mass is 19.1. The molecule has 8 atom stereocenters. The van der Waals surface area contributed by atoms with Crippen LogP contribution in [0, 0.1) is 23.7 Å². The minimum atomic E-state index is -0.847. The lowest BCUT2D eigenvalue weighted by Gasteiger charge is -2.63. The maximum absolute atomic E-state index is 14.4. The van der Waals surface area contributed by atoms with Crippen LogP contribution in [-0.4, -0.2) is 83.8 Å². The summed E-state index contributed by atoms with van der Waals surface area (Å²) in [6, 6.07) is 0.362. The molecule has 3 saturated heterocycles. The van der Waals surface area contributed by atoms with Crippen molar-refractivity contribution < 1.29 is 9.50 Å². The predicted octanol–water partition coefficient (Wildman–Crippen LogP) is 1.62. The monoisotopic (exact) mass is 521 g/mol. The molecule has 0 aromatic heterocycles. The quantitative estimate of drug-likeness (QED) is 0.267. The van der Waals surface area contributed by atoms with Gasteiger partial charge in [0, 0.05) is 49.2 Å². The SMILES string of the molecule is CCC12CC=C(F)CN1C(C(C(N)N)C(O)NC1(C3CCCCC3)CNCCC1C1CN(C)NC1C)C2.